The van der Waals surface area contributed by atoms with Crippen molar-refractivity contribution in [3.05, 3.63) is 60.3 Å². The first-order chi connectivity index (χ1) is 8.86. The molecule has 0 aliphatic carbocycles. The minimum Gasteiger partial charge on any atom is -0.460 e. The van der Waals surface area contributed by atoms with Crippen molar-refractivity contribution in [2.75, 3.05) is 0 Å². The molecule has 0 spiro atoms. The maximum Gasteiger partial charge on any atom is 0.673 e. The molecule has 102 valence electrons. The number of nitrogens with zero attached hydrogens (tertiary/aromatic N) is 1. The van der Waals surface area contributed by atoms with Crippen LogP contribution in [0.15, 0.2) is 54.7 Å². The molecule has 0 saturated heterocycles. The lowest BCUT2D eigenvalue weighted by atomic mass is 10.2. The Morgan fingerprint density at radius 1 is 0.895 bits per heavy atom. The van der Waals surface area contributed by atoms with E-state index in [0.717, 1.165) is 0 Å². The van der Waals surface area contributed by atoms with E-state index in [1.807, 2.05) is 48.7 Å². The zero-order chi connectivity index (χ0) is 14.3. The smallest absolute Gasteiger partial charge is 0.460 e. The molecule has 0 saturated carbocycles. The quantitative estimate of drug-likeness (QED) is 0.507. The van der Waals surface area contributed by atoms with Crippen molar-refractivity contribution in [2.24, 2.45) is 0 Å². The number of benzene rings is 1. The summed E-state index contributed by atoms with van der Waals surface area (Å²) in [5.74, 6) is 0.288. The van der Waals surface area contributed by atoms with Crippen molar-refractivity contribution >= 4 is 7.25 Å². The van der Waals surface area contributed by atoms with Crippen molar-refractivity contribution in [1.29, 1.82) is 0 Å². The van der Waals surface area contributed by atoms with Crippen LogP contribution in [0.2, 0.25) is 0 Å². The number of hydrogen-bond donors (Lipinski definition) is 1. The van der Waals surface area contributed by atoms with E-state index in [9.17, 15) is 22.4 Å². The lowest BCUT2D eigenvalue weighted by molar-refractivity contribution is -0.694. The maximum absolute atomic E-state index is 9.75. The van der Waals surface area contributed by atoms with Crippen LogP contribution in [0, 0.1) is 0 Å². The topological polar surface area (TPSA) is 24.1 Å². The van der Waals surface area contributed by atoms with E-state index in [0.29, 0.717) is 6.54 Å². The van der Waals surface area contributed by atoms with Crippen LogP contribution in [0.25, 0.3) is 0 Å². The zero-order valence-electron chi connectivity index (χ0n) is 9.89. The van der Waals surface area contributed by atoms with Crippen molar-refractivity contribution in [3.8, 4) is 5.88 Å². The Bertz CT molecular complexity index is 499. The number of pyridine rings is 1. The molecule has 0 amide bonds. The first kappa shape index (κ1) is 15.0. The fraction of sp³-hybridized carbons (Fsp3) is 0.0833. The Labute approximate surface area is 108 Å². The van der Waals surface area contributed by atoms with E-state index in [2.05, 4.69) is 0 Å². The van der Waals surface area contributed by atoms with Gasteiger partial charge in [-0.3, -0.25) is 0 Å². The Morgan fingerprint density at radius 3 is 1.95 bits per heavy atom. The van der Waals surface area contributed by atoms with E-state index in [-0.39, 0.29) is 5.88 Å². The highest BCUT2D eigenvalue weighted by Crippen LogP contribution is 2.06. The molecule has 7 heteroatoms. The third-order valence-electron chi connectivity index (χ3n) is 2.11. The Morgan fingerprint density at radius 2 is 1.42 bits per heavy atom. The second kappa shape index (κ2) is 6.77. The maximum atomic E-state index is 9.75. The van der Waals surface area contributed by atoms with Crippen LogP contribution >= 0.6 is 0 Å². The van der Waals surface area contributed by atoms with Crippen LogP contribution in [0.3, 0.4) is 0 Å². The largest absolute Gasteiger partial charge is 0.673 e. The third-order valence-corrected chi connectivity index (χ3v) is 2.11. The van der Waals surface area contributed by atoms with Crippen LogP contribution < -0.4 is 4.57 Å². The van der Waals surface area contributed by atoms with Gasteiger partial charge < -0.3 is 22.4 Å². The Balaban J connectivity index is 0.000000312. The van der Waals surface area contributed by atoms with Gasteiger partial charge in [-0.25, -0.2) is 0 Å². The monoisotopic (exact) mass is 273 g/mol. The number of rotatable bonds is 2. The highest BCUT2D eigenvalue weighted by molar-refractivity contribution is 6.50. The molecule has 0 unspecified atom stereocenters. The standard InChI is InChI=1S/C12H11NO.BF4/c14-12-8-4-5-9-13(12)10-11-6-2-1-3-7-11;2-1(3,4)5/h1-9H,10H2;/q;-1/p+1. The highest BCUT2D eigenvalue weighted by Gasteiger charge is 2.20. The molecule has 1 N–H and O–H groups in total. The Kier molecular flexibility index (Phi) is 5.35. The number of hydrogen-bond acceptors (Lipinski definition) is 1. The second-order valence-corrected chi connectivity index (χ2v) is 3.67. The summed E-state index contributed by atoms with van der Waals surface area (Å²) in [5.41, 5.74) is 1.18. The molecule has 2 nitrogen and oxygen atoms in total. The molecule has 0 fully saturated rings. The van der Waals surface area contributed by atoms with Gasteiger partial charge in [-0.15, -0.1) is 0 Å². The predicted octanol–water partition coefficient (Wildman–Crippen LogP) is 3.03. The summed E-state index contributed by atoms with van der Waals surface area (Å²) in [4.78, 5) is 0. The van der Waals surface area contributed by atoms with E-state index in [1.165, 1.54) is 5.56 Å². The van der Waals surface area contributed by atoms with E-state index in [1.54, 1.807) is 10.6 Å². The van der Waals surface area contributed by atoms with Crippen molar-refractivity contribution in [2.45, 2.75) is 6.54 Å². The lowest BCUT2D eigenvalue weighted by Crippen LogP contribution is -2.33. The minimum atomic E-state index is -6.00. The average molecular weight is 273 g/mol. The molecule has 0 aliphatic heterocycles. The molecule has 0 radical (unpaired) electrons. The molecule has 0 atom stereocenters. The van der Waals surface area contributed by atoms with Gasteiger partial charge in [0, 0.05) is 11.6 Å². The first-order valence-corrected chi connectivity index (χ1v) is 5.45. The number of aromatic nitrogens is 1. The van der Waals surface area contributed by atoms with E-state index >= 15 is 0 Å². The summed E-state index contributed by atoms with van der Waals surface area (Å²) >= 11 is 0. The minimum absolute atomic E-state index is 0.288. The fourth-order valence-electron chi connectivity index (χ4n) is 1.38. The van der Waals surface area contributed by atoms with E-state index in [4.69, 9.17) is 0 Å². The lowest BCUT2D eigenvalue weighted by Gasteiger charge is -1.98. The van der Waals surface area contributed by atoms with Crippen LogP contribution in [0.1, 0.15) is 5.56 Å². The molecular weight excluding hydrogens is 261 g/mol. The van der Waals surface area contributed by atoms with Gasteiger partial charge in [0.2, 0.25) is 0 Å². The normalized spacial score (nSPS) is 10.5. The summed E-state index contributed by atoms with van der Waals surface area (Å²) in [5, 5.41) is 9.53. The highest BCUT2D eigenvalue weighted by atomic mass is 19.5. The van der Waals surface area contributed by atoms with Gasteiger partial charge in [0.05, 0.1) is 6.07 Å². The van der Waals surface area contributed by atoms with Gasteiger partial charge in [0.15, 0.2) is 12.7 Å². The molecule has 0 aliphatic rings. The molecule has 1 aromatic heterocycles. The zero-order valence-corrected chi connectivity index (χ0v) is 9.89. The molecule has 1 heterocycles. The molecule has 1 aromatic carbocycles. The van der Waals surface area contributed by atoms with E-state index < -0.39 is 7.25 Å². The summed E-state index contributed by atoms with van der Waals surface area (Å²) in [6.45, 7) is 0.702. The van der Waals surface area contributed by atoms with Crippen molar-refractivity contribution in [3.63, 3.8) is 0 Å². The van der Waals surface area contributed by atoms with Crippen molar-refractivity contribution in [1.82, 2.24) is 0 Å². The summed E-state index contributed by atoms with van der Waals surface area (Å²) in [6.07, 6.45) is 1.86. The van der Waals surface area contributed by atoms with Gasteiger partial charge in [0.25, 0.3) is 0 Å². The first-order valence-electron chi connectivity index (χ1n) is 5.45. The third kappa shape index (κ3) is 7.08. The van der Waals surface area contributed by atoms with Crippen LogP contribution in [-0.2, 0) is 6.54 Å². The fourth-order valence-corrected chi connectivity index (χ4v) is 1.38. The van der Waals surface area contributed by atoms with Crippen LogP contribution in [0.5, 0.6) is 5.88 Å². The molecule has 2 rings (SSSR count). The summed E-state index contributed by atoms with van der Waals surface area (Å²) in [6, 6.07) is 15.5. The van der Waals surface area contributed by atoms with Gasteiger partial charge >= 0.3 is 13.1 Å². The summed E-state index contributed by atoms with van der Waals surface area (Å²) in [7, 11) is -6.00. The SMILES string of the molecule is F[B-](F)(F)F.Oc1cccc[n+]1Cc1ccccc1. The van der Waals surface area contributed by atoms with Gasteiger partial charge in [-0.2, -0.15) is 4.57 Å². The van der Waals surface area contributed by atoms with Crippen molar-refractivity contribution < 1.29 is 26.9 Å². The van der Waals surface area contributed by atoms with Gasteiger partial charge in [-0.05, 0) is 6.07 Å². The number of halogens is 4. The van der Waals surface area contributed by atoms with Crippen LogP contribution in [0.4, 0.5) is 17.3 Å². The molecule has 19 heavy (non-hydrogen) atoms. The second-order valence-electron chi connectivity index (χ2n) is 3.67. The molecule has 0 bridgehead atoms. The van der Waals surface area contributed by atoms with Gasteiger partial charge in [-0.1, -0.05) is 30.3 Å². The molecular formula is C12H12BF4NO. The summed E-state index contributed by atoms with van der Waals surface area (Å²) < 4.78 is 40.8. The number of aromatic hydroxyl groups is 1. The predicted molar refractivity (Wildman–Crippen MR) is 64.0 cm³/mol. The average Bonchev–Trinajstić information content (AvgIpc) is 2.31. The van der Waals surface area contributed by atoms with Gasteiger partial charge in [0.1, 0.15) is 0 Å². The molecule has 2 aromatic rings. The van der Waals surface area contributed by atoms with Crippen LogP contribution in [-0.4, -0.2) is 12.4 Å². The Hall–Kier alpha value is -2.05.